The van der Waals surface area contributed by atoms with Gasteiger partial charge in [-0.05, 0) is 46.8 Å². The van der Waals surface area contributed by atoms with E-state index in [0.29, 0.717) is 50.1 Å². The first-order chi connectivity index (χ1) is 14.8. The van der Waals surface area contributed by atoms with Crippen molar-refractivity contribution in [2.24, 2.45) is 0 Å². The standard InChI is InChI=1S/C23H25ClN2O5/c1-6-29-22(27)17-12(3)25-13(4)18(23(28)30-7-2)20(17)19-14(5)31-26-21(19)15-9-8-10-16(24)11-15/h8-11,20,25H,6-7H2,1-5H3. The number of rotatable bonds is 6. The fraction of sp³-hybridized carbons (Fsp3) is 0.348. The number of ether oxygens (including phenoxy) is 2. The highest BCUT2D eigenvalue weighted by atomic mass is 35.5. The van der Waals surface area contributed by atoms with Crippen LogP contribution in [0.15, 0.2) is 51.3 Å². The largest absolute Gasteiger partial charge is 0.463 e. The summed E-state index contributed by atoms with van der Waals surface area (Å²) in [5.41, 5.74) is 3.60. The molecule has 1 aromatic carbocycles. The molecule has 0 atom stereocenters. The molecule has 0 bridgehead atoms. The zero-order chi connectivity index (χ0) is 22.7. The van der Waals surface area contributed by atoms with Crippen LogP contribution in [0.4, 0.5) is 0 Å². The van der Waals surface area contributed by atoms with Crippen molar-refractivity contribution in [3.05, 3.63) is 63.2 Å². The fourth-order valence-electron chi connectivity index (χ4n) is 3.80. The van der Waals surface area contributed by atoms with Crippen LogP contribution in [0.2, 0.25) is 5.02 Å². The van der Waals surface area contributed by atoms with E-state index >= 15 is 0 Å². The van der Waals surface area contributed by atoms with Crippen LogP contribution < -0.4 is 5.32 Å². The van der Waals surface area contributed by atoms with Crippen molar-refractivity contribution in [3.8, 4) is 11.3 Å². The predicted molar refractivity (Wildman–Crippen MR) is 116 cm³/mol. The maximum atomic E-state index is 13.0. The number of carbonyl (C=O) groups excluding carboxylic acids is 2. The Balaban J connectivity index is 2.29. The van der Waals surface area contributed by atoms with E-state index in [0.717, 1.165) is 0 Å². The van der Waals surface area contributed by atoms with Gasteiger partial charge in [0, 0.05) is 27.5 Å². The molecule has 8 heteroatoms. The quantitative estimate of drug-likeness (QED) is 0.647. The van der Waals surface area contributed by atoms with Gasteiger partial charge in [-0.1, -0.05) is 28.9 Å². The number of aryl methyl sites for hydroxylation is 1. The number of dihydropyridines is 1. The number of allylic oxidation sites excluding steroid dienone is 2. The lowest BCUT2D eigenvalue weighted by atomic mass is 9.78. The molecule has 0 spiro atoms. The number of esters is 2. The molecular formula is C23H25ClN2O5. The van der Waals surface area contributed by atoms with Crippen LogP contribution in [0, 0.1) is 6.92 Å². The maximum Gasteiger partial charge on any atom is 0.336 e. The summed E-state index contributed by atoms with van der Waals surface area (Å²) >= 11 is 6.19. The molecule has 1 aliphatic heterocycles. The third-order valence-electron chi connectivity index (χ3n) is 5.05. The number of benzene rings is 1. The van der Waals surface area contributed by atoms with Crippen molar-refractivity contribution < 1.29 is 23.6 Å². The normalized spacial score (nSPS) is 14.5. The van der Waals surface area contributed by atoms with Gasteiger partial charge in [-0.15, -0.1) is 0 Å². The minimum absolute atomic E-state index is 0.198. The van der Waals surface area contributed by atoms with Gasteiger partial charge in [-0.2, -0.15) is 0 Å². The molecule has 1 aliphatic rings. The summed E-state index contributed by atoms with van der Waals surface area (Å²) in [5.74, 6) is -1.35. The molecule has 2 heterocycles. The van der Waals surface area contributed by atoms with Gasteiger partial charge in [0.1, 0.15) is 11.5 Å². The number of hydrogen-bond acceptors (Lipinski definition) is 7. The number of nitrogens with one attached hydrogen (secondary N) is 1. The van der Waals surface area contributed by atoms with Crippen LogP contribution in [0.25, 0.3) is 11.3 Å². The van der Waals surface area contributed by atoms with Crippen molar-refractivity contribution in [1.29, 1.82) is 0 Å². The van der Waals surface area contributed by atoms with Gasteiger partial charge in [-0.25, -0.2) is 9.59 Å². The maximum absolute atomic E-state index is 13.0. The molecular weight excluding hydrogens is 420 g/mol. The summed E-state index contributed by atoms with van der Waals surface area (Å²) in [6, 6.07) is 7.15. The molecule has 0 radical (unpaired) electrons. The molecule has 0 unspecified atom stereocenters. The summed E-state index contributed by atoms with van der Waals surface area (Å²) in [5, 5.41) is 7.88. The van der Waals surface area contributed by atoms with E-state index in [1.54, 1.807) is 52.8 Å². The zero-order valence-electron chi connectivity index (χ0n) is 18.2. The number of nitrogens with zero attached hydrogens (tertiary/aromatic N) is 1. The second-order valence-electron chi connectivity index (χ2n) is 7.09. The van der Waals surface area contributed by atoms with Gasteiger partial charge < -0.3 is 19.3 Å². The molecule has 0 amide bonds. The Morgan fingerprint density at radius 2 is 1.65 bits per heavy atom. The molecule has 164 valence electrons. The SMILES string of the molecule is CCOC(=O)C1=C(C)NC(C)=C(C(=O)OCC)C1c1c(-c2cccc(Cl)c2)noc1C. The van der Waals surface area contributed by atoms with Crippen LogP contribution in [0.3, 0.4) is 0 Å². The Labute approximate surface area is 186 Å². The molecule has 1 aromatic heterocycles. The molecule has 1 N–H and O–H groups in total. The summed E-state index contributed by atoms with van der Waals surface area (Å²) in [4.78, 5) is 26.0. The Hall–Kier alpha value is -3.06. The van der Waals surface area contributed by atoms with E-state index < -0.39 is 17.9 Å². The molecule has 0 fully saturated rings. The number of hydrogen-bond donors (Lipinski definition) is 1. The Morgan fingerprint density at radius 3 is 2.16 bits per heavy atom. The first kappa shape index (κ1) is 22.6. The first-order valence-electron chi connectivity index (χ1n) is 10.0. The minimum Gasteiger partial charge on any atom is -0.463 e. The van der Waals surface area contributed by atoms with E-state index in [9.17, 15) is 9.59 Å². The van der Waals surface area contributed by atoms with Gasteiger partial charge in [0.05, 0.1) is 30.3 Å². The molecule has 0 saturated carbocycles. The van der Waals surface area contributed by atoms with Crippen LogP contribution in [0.1, 0.15) is 44.9 Å². The molecule has 0 aliphatic carbocycles. The van der Waals surface area contributed by atoms with E-state index in [1.807, 2.05) is 6.07 Å². The van der Waals surface area contributed by atoms with Crippen LogP contribution >= 0.6 is 11.6 Å². The Morgan fingerprint density at radius 1 is 1.06 bits per heavy atom. The van der Waals surface area contributed by atoms with Gasteiger partial charge >= 0.3 is 11.9 Å². The fourth-order valence-corrected chi connectivity index (χ4v) is 3.99. The highest BCUT2D eigenvalue weighted by Gasteiger charge is 2.41. The van der Waals surface area contributed by atoms with Crippen molar-refractivity contribution in [3.63, 3.8) is 0 Å². The van der Waals surface area contributed by atoms with Crippen molar-refractivity contribution in [2.75, 3.05) is 13.2 Å². The molecule has 2 aromatic rings. The van der Waals surface area contributed by atoms with Gasteiger partial charge in [0.25, 0.3) is 0 Å². The van der Waals surface area contributed by atoms with Gasteiger partial charge in [0.2, 0.25) is 0 Å². The molecule has 0 saturated heterocycles. The van der Waals surface area contributed by atoms with Crippen molar-refractivity contribution in [1.82, 2.24) is 10.5 Å². The lowest BCUT2D eigenvalue weighted by Gasteiger charge is -2.30. The third-order valence-corrected chi connectivity index (χ3v) is 5.28. The van der Waals surface area contributed by atoms with E-state index in [-0.39, 0.29) is 13.2 Å². The number of carbonyl (C=O) groups is 2. The highest BCUT2D eigenvalue weighted by Crippen LogP contribution is 2.44. The predicted octanol–water partition coefficient (Wildman–Crippen LogP) is 4.66. The first-order valence-corrected chi connectivity index (χ1v) is 10.4. The summed E-state index contributed by atoms with van der Waals surface area (Å²) in [6.07, 6.45) is 0. The summed E-state index contributed by atoms with van der Waals surface area (Å²) in [7, 11) is 0. The van der Waals surface area contributed by atoms with Crippen LogP contribution in [-0.4, -0.2) is 30.3 Å². The monoisotopic (exact) mass is 444 g/mol. The third kappa shape index (κ3) is 4.37. The molecule has 3 rings (SSSR count). The van der Waals surface area contributed by atoms with E-state index in [2.05, 4.69) is 10.5 Å². The number of halogens is 1. The van der Waals surface area contributed by atoms with Crippen LogP contribution in [0.5, 0.6) is 0 Å². The average Bonchev–Trinajstić information content (AvgIpc) is 3.08. The van der Waals surface area contributed by atoms with Gasteiger partial charge in [-0.3, -0.25) is 0 Å². The average molecular weight is 445 g/mol. The van der Waals surface area contributed by atoms with E-state index in [4.69, 9.17) is 25.6 Å². The topological polar surface area (TPSA) is 90.7 Å². The second-order valence-corrected chi connectivity index (χ2v) is 7.52. The minimum atomic E-state index is -0.778. The van der Waals surface area contributed by atoms with Crippen molar-refractivity contribution >= 4 is 23.5 Å². The summed E-state index contributed by atoms with van der Waals surface area (Å²) in [6.45, 7) is 9.14. The Bertz CT molecular complexity index is 1040. The lowest BCUT2D eigenvalue weighted by Crippen LogP contribution is -2.33. The Kier molecular flexibility index (Phi) is 6.85. The van der Waals surface area contributed by atoms with Gasteiger partial charge in [0.15, 0.2) is 0 Å². The second kappa shape index (κ2) is 9.39. The number of aromatic nitrogens is 1. The van der Waals surface area contributed by atoms with E-state index in [1.165, 1.54) is 0 Å². The zero-order valence-corrected chi connectivity index (χ0v) is 18.9. The highest BCUT2D eigenvalue weighted by molar-refractivity contribution is 6.30. The molecule has 7 nitrogen and oxygen atoms in total. The smallest absolute Gasteiger partial charge is 0.336 e. The lowest BCUT2D eigenvalue weighted by molar-refractivity contribution is -0.139. The molecule has 31 heavy (non-hydrogen) atoms. The summed E-state index contributed by atoms with van der Waals surface area (Å²) < 4.78 is 16.2. The van der Waals surface area contributed by atoms with Crippen molar-refractivity contribution in [2.45, 2.75) is 40.5 Å². The van der Waals surface area contributed by atoms with Crippen LogP contribution in [-0.2, 0) is 19.1 Å².